The number of nitrogens with zero attached hydrogens (tertiary/aromatic N) is 1. The molecule has 6 heteroatoms. The lowest BCUT2D eigenvalue weighted by Gasteiger charge is -2.23. The van der Waals surface area contributed by atoms with Crippen LogP contribution in [0.4, 0.5) is 15.8 Å². The Morgan fingerprint density at radius 1 is 1.53 bits per heavy atom. The molecule has 1 aromatic rings. The van der Waals surface area contributed by atoms with Gasteiger partial charge < -0.3 is 10.1 Å². The Balaban J connectivity index is 2.16. The molecule has 1 fully saturated rings. The molecule has 0 saturated carbocycles. The number of halogens is 1. The Bertz CT molecular complexity index is 419. The lowest BCUT2D eigenvalue weighted by molar-refractivity contribution is -0.384. The zero-order chi connectivity index (χ0) is 12.3. The van der Waals surface area contributed by atoms with Gasteiger partial charge in [-0.25, -0.2) is 4.39 Å². The monoisotopic (exact) mass is 240 g/mol. The van der Waals surface area contributed by atoms with Gasteiger partial charge in [-0.05, 0) is 25.0 Å². The smallest absolute Gasteiger partial charge is 0.295 e. The second-order valence-electron chi connectivity index (χ2n) is 3.98. The van der Waals surface area contributed by atoms with Crippen LogP contribution in [0.5, 0.6) is 0 Å². The molecule has 1 heterocycles. The van der Waals surface area contributed by atoms with Crippen LogP contribution in [0.2, 0.25) is 0 Å². The first kappa shape index (κ1) is 11.8. The molecule has 5 nitrogen and oxygen atoms in total. The maximum absolute atomic E-state index is 12.9. The van der Waals surface area contributed by atoms with Gasteiger partial charge in [0.2, 0.25) is 0 Å². The Kier molecular flexibility index (Phi) is 3.53. The molecule has 1 saturated heterocycles. The number of nitro benzene ring substituents is 1. The van der Waals surface area contributed by atoms with Crippen molar-refractivity contribution in [3.8, 4) is 0 Å². The minimum atomic E-state index is -0.609. The topological polar surface area (TPSA) is 64.4 Å². The van der Waals surface area contributed by atoms with Crippen LogP contribution in [-0.4, -0.2) is 24.2 Å². The van der Waals surface area contributed by atoms with Gasteiger partial charge in [0.05, 0.1) is 17.6 Å². The van der Waals surface area contributed by atoms with Gasteiger partial charge in [0, 0.05) is 12.6 Å². The van der Waals surface area contributed by atoms with Gasteiger partial charge >= 0.3 is 0 Å². The number of benzene rings is 1. The van der Waals surface area contributed by atoms with Crippen LogP contribution in [0, 0.1) is 15.9 Å². The van der Waals surface area contributed by atoms with Crippen LogP contribution in [0.1, 0.15) is 12.8 Å². The molecule has 1 atom stereocenters. The summed E-state index contributed by atoms with van der Waals surface area (Å²) in [5.74, 6) is -0.609. The highest BCUT2D eigenvalue weighted by molar-refractivity contribution is 5.61. The highest BCUT2D eigenvalue weighted by Gasteiger charge is 2.19. The molecule has 1 aliphatic heterocycles. The Morgan fingerprint density at radius 3 is 3.00 bits per heavy atom. The van der Waals surface area contributed by atoms with Crippen molar-refractivity contribution in [2.75, 3.05) is 18.5 Å². The maximum atomic E-state index is 12.9. The molecule has 0 spiro atoms. The maximum Gasteiger partial charge on any atom is 0.295 e. The predicted octanol–water partition coefficient (Wildman–Crippen LogP) is 2.32. The van der Waals surface area contributed by atoms with E-state index in [1.54, 1.807) is 0 Å². The molecular weight excluding hydrogens is 227 g/mol. The number of hydrogen-bond acceptors (Lipinski definition) is 4. The number of anilines is 1. The second kappa shape index (κ2) is 5.09. The summed E-state index contributed by atoms with van der Waals surface area (Å²) in [4.78, 5) is 10.2. The first-order valence-electron chi connectivity index (χ1n) is 5.45. The standard InChI is InChI=1S/C11H13FN2O3/c12-8-3-4-10(11(6-8)14(15)16)13-9-2-1-5-17-7-9/h3-4,6,9,13H,1-2,5,7H2. The van der Waals surface area contributed by atoms with E-state index in [4.69, 9.17) is 4.74 Å². The fourth-order valence-corrected chi connectivity index (χ4v) is 1.85. The molecule has 17 heavy (non-hydrogen) atoms. The first-order valence-corrected chi connectivity index (χ1v) is 5.45. The van der Waals surface area contributed by atoms with E-state index in [0.717, 1.165) is 25.5 Å². The van der Waals surface area contributed by atoms with E-state index in [9.17, 15) is 14.5 Å². The number of hydrogen-bond donors (Lipinski definition) is 1. The summed E-state index contributed by atoms with van der Waals surface area (Å²) in [5, 5.41) is 13.8. The van der Waals surface area contributed by atoms with Crippen molar-refractivity contribution >= 4 is 11.4 Å². The fraction of sp³-hybridized carbons (Fsp3) is 0.455. The number of rotatable bonds is 3. The lowest BCUT2D eigenvalue weighted by atomic mass is 10.1. The van der Waals surface area contributed by atoms with Crippen molar-refractivity contribution < 1.29 is 14.1 Å². The zero-order valence-corrected chi connectivity index (χ0v) is 9.19. The molecule has 1 aliphatic rings. The second-order valence-corrected chi connectivity index (χ2v) is 3.98. The van der Waals surface area contributed by atoms with E-state index in [2.05, 4.69) is 5.32 Å². The van der Waals surface area contributed by atoms with Gasteiger partial charge in [-0.15, -0.1) is 0 Å². The van der Waals surface area contributed by atoms with E-state index >= 15 is 0 Å². The summed E-state index contributed by atoms with van der Waals surface area (Å²) in [5.41, 5.74) is 0.0995. The molecule has 1 N–H and O–H groups in total. The van der Waals surface area contributed by atoms with Gasteiger partial charge in [0.25, 0.3) is 5.69 Å². The van der Waals surface area contributed by atoms with Crippen LogP contribution >= 0.6 is 0 Å². The van der Waals surface area contributed by atoms with Crippen molar-refractivity contribution in [2.24, 2.45) is 0 Å². The molecule has 0 bridgehead atoms. The van der Waals surface area contributed by atoms with Crippen molar-refractivity contribution in [1.29, 1.82) is 0 Å². The highest BCUT2D eigenvalue weighted by Crippen LogP contribution is 2.26. The van der Waals surface area contributed by atoms with Crippen molar-refractivity contribution in [3.05, 3.63) is 34.1 Å². The summed E-state index contributed by atoms with van der Waals surface area (Å²) < 4.78 is 18.2. The van der Waals surface area contributed by atoms with E-state index in [0.29, 0.717) is 12.3 Å². The number of nitrogens with one attached hydrogen (secondary N) is 1. The van der Waals surface area contributed by atoms with E-state index in [-0.39, 0.29) is 11.7 Å². The third-order valence-electron chi connectivity index (χ3n) is 2.68. The molecule has 92 valence electrons. The Morgan fingerprint density at radius 2 is 2.35 bits per heavy atom. The van der Waals surface area contributed by atoms with Crippen molar-refractivity contribution in [1.82, 2.24) is 0 Å². The molecule has 2 rings (SSSR count). The van der Waals surface area contributed by atoms with Gasteiger partial charge in [-0.1, -0.05) is 0 Å². The first-order chi connectivity index (χ1) is 8.16. The molecule has 0 radical (unpaired) electrons. The quantitative estimate of drug-likeness (QED) is 0.650. The highest BCUT2D eigenvalue weighted by atomic mass is 19.1. The third-order valence-corrected chi connectivity index (χ3v) is 2.68. The van der Waals surface area contributed by atoms with Gasteiger partial charge in [0.15, 0.2) is 0 Å². The number of ether oxygens (including phenoxy) is 1. The summed E-state index contributed by atoms with van der Waals surface area (Å²) in [6.45, 7) is 1.25. The Hall–Kier alpha value is -1.69. The van der Waals surface area contributed by atoms with Gasteiger partial charge in [-0.2, -0.15) is 0 Å². The largest absolute Gasteiger partial charge is 0.379 e. The van der Waals surface area contributed by atoms with Crippen molar-refractivity contribution in [2.45, 2.75) is 18.9 Å². The minimum absolute atomic E-state index is 0.0490. The lowest BCUT2D eigenvalue weighted by Crippen LogP contribution is -2.30. The normalized spacial score (nSPS) is 19.9. The molecule has 1 aromatic carbocycles. The average Bonchev–Trinajstić information content (AvgIpc) is 2.32. The van der Waals surface area contributed by atoms with E-state index in [1.807, 2.05) is 0 Å². The predicted molar refractivity (Wildman–Crippen MR) is 60.5 cm³/mol. The Labute approximate surface area is 97.7 Å². The number of nitro groups is 1. The molecular formula is C11H13FN2O3. The fourth-order valence-electron chi connectivity index (χ4n) is 1.85. The van der Waals surface area contributed by atoms with Crippen LogP contribution in [0.25, 0.3) is 0 Å². The third kappa shape index (κ3) is 2.91. The zero-order valence-electron chi connectivity index (χ0n) is 9.19. The van der Waals surface area contributed by atoms with Gasteiger partial charge in [0.1, 0.15) is 11.5 Å². The van der Waals surface area contributed by atoms with Crippen molar-refractivity contribution in [3.63, 3.8) is 0 Å². The summed E-state index contributed by atoms with van der Waals surface area (Å²) in [7, 11) is 0. The van der Waals surface area contributed by atoms with Crippen LogP contribution < -0.4 is 5.32 Å². The molecule has 0 aromatic heterocycles. The molecule has 1 unspecified atom stereocenters. The van der Waals surface area contributed by atoms with Crippen LogP contribution in [0.15, 0.2) is 18.2 Å². The summed E-state index contributed by atoms with van der Waals surface area (Å²) in [6.07, 6.45) is 1.82. The van der Waals surface area contributed by atoms with E-state index < -0.39 is 10.7 Å². The minimum Gasteiger partial charge on any atom is -0.379 e. The average molecular weight is 240 g/mol. The summed E-state index contributed by atoms with van der Waals surface area (Å²) in [6, 6.07) is 3.57. The van der Waals surface area contributed by atoms with Gasteiger partial charge in [-0.3, -0.25) is 10.1 Å². The molecule has 0 amide bonds. The SMILES string of the molecule is O=[N+]([O-])c1cc(F)ccc1NC1CCCOC1. The van der Waals surface area contributed by atoms with Crippen LogP contribution in [0.3, 0.4) is 0 Å². The summed E-state index contributed by atoms with van der Waals surface area (Å²) >= 11 is 0. The van der Waals surface area contributed by atoms with Crippen LogP contribution in [-0.2, 0) is 4.74 Å². The van der Waals surface area contributed by atoms with E-state index in [1.165, 1.54) is 12.1 Å². The molecule has 0 aliphatic carbocycles.